The van der Waals surface area contributed by atoms with Crippen molar-refractivity contribution in [3.8, 4) is 0 Å². The molecule has 2 fully saturated rings. The normalized spacial score (nSPS) is 24.2. The molecule has 34 heavy (non-hydrogen) atoms. The lowest BCUT2D eigenvalue weighted by molar-refractivity contribution is -0.154. The van der Waals surface area contributed by atoms with E-state index in [4.69, 9.17) is 23.2 Å². The molecule has 4 atom stereocenters. The van der Waals surface area contributed by atoms with Crippen LogP contribution >= 0.6 is 55.1 Å². The fourth-order valence-electron chi connectivity index (χ4n) is 4.32. The Hall–Kier alpha value is -1.74. The monoisotopic (exact) mass is 628 g/mol. The van der Waals surface area contributed by atoms with Gasteiger partial charge in [-0.1, -0.05) is 84.9 Å². The van der Waals surface area contributed by atoms with Crippen molar-refractivity contribution in [2.45, 2.75) is 29.4 Å². The number of ketones is 1. The zero-order chi connectivity index (χ0) is 24.7. The second-order valence-electron chi connectivity index (χ2n) is 8.48. The Morgan fingerprint density at radius 3 is 2.06 bits per heavy atom. The first-order valence-corrected chi connectivity index (χ1v) is 13.2. The number of hydrazine groups is 1. The van der Waals surface area contributed by atoms with Crippen LogP contribution in [0.3, 0.4) is 0 Å². The third-order valence-corrected chi connectivity index (χ3v) is 9.47. The molecule has 3 amide bonds. The lowest BCUT2D eigenvalue weighted by atomic mass is 9.81. The zero-order valence-corrected chi connectivity index (χ0v) is 22.7. The van der Waals surface area contributed by atoms with Crippen LogP contribution in [0.15, 0.2) is 42.5 Å². The topological polar surface area (TPSA) is 74.8 Å². The molecule has 4 rings (SSSR count). The maximum absolute atomic E-state index is 13.6. The second kappa shape index (κ2) is 10.1. The molecule has 0 aromatic heterocycles. The Morgan fingerprint density at radius 1 is 0.971 bits per heavy atom. The van der Waals surface area contributed by atoms with Crippen LogP contribution in [0.25, 0.3) is 0 Å². The fourth-order valence-corrected chi connectivity index (χ4v) is 6.04. The van der Waals surface area contributed by atoms with Crippen molar-refractivity contribution >= 4 is 78.6 Å². The summed E-state index contributed by atoms with van der Waals surface area (Å²) in [5.41, 5.74) is 1.37. The minimum atomic E-state index is -0.728. The maximum atomic E-state index is 13.6. The molecule has 10 heteroatoms. The van der Waals surface area contributed by atoms with E-state index in [2.05, 4.69) is 31.9 Å². The molecule has 1 saturated carbocycles. The van der Waals surface area contributed by atoms with Gasteiger partial charge in [-0.15, -0.1) is 0 Å². The van der Waals surface area contributed by atoms with Crippen molar-refractivity contribution in [3.63, 3.8) is 0 Å². The van der Waals surface area contributed by atoms with Crippen molar-refractivity contribution in [3.05, 3.63) is 69.2 Å². The highest BCUT2D eigenvalue weighted by Gasteiger charge is 2.54. The molecule has 0 N–H and O–H groups in total. The van der Waals surface area contributed by atoms with E-state index in [-0.39, 0.29) is 20.2 Å². The molecule has 1 aliphatic carbocycles. The van der Waals surface area contributed by atoms with Crippen molar-refractivity contribution < 1.29 is 19.2 Å². The number of aryl methyl sites for hydroxylation is 1. The summed E-state index contributed by atoms with van der Waals surface area (Å²) in [5, 5.41) is 2.16. The van der Waals surface area contributed by atoms with Gasteiger partial charge in [-0.25, -0.2) is 5.01 Å². The molecule has 0 spiro atoms. The van der Waals surface area contributed by atoms with Crippen LogP contribution in [0, 0.1) is 18.8 Å². The highest BCUT2D eigenvalue weighted by molar-refractivity contribution is 9.12. The Balaban J connectivity index is 1.72. The van der Waals surface area contributed by atoms with Gasteiger partial charge in [0.2, 0.25) is 0 Å². The first-order chi connectivity index (χ1) is 16.1. The lowest BCUT2D eigenvalue weighted by Gasteiger charge is -2.30. The molecule has 1 aliphatic heterocycles. The molecule has 0 unspecified atom stereocenters. The van der Waals surface area contributed by atoms with Gasteiger partial charge in [0.1, 0.15) is 6.54 Å². The number of nitrogens with zero attached hydrogens (tertiary/aromatic N) is 2. The van der Waals surface area contributed by atoms with Crippen LogP contribution < -0.4 is 0 Å². The number of carbonyl (C=O) groups is 4. The smallest absolute Gasteiger partial charge is 0.274 e. The third kappa shape index (κ3) is 4.83. The summed E-state index contributed by atoms with van der Waals surface area (Å²) < 4.78 is 0. The van der Waals surface area contributed by atoms with E-state index in [0.29, 0.717) is 23.4 Å². The van der Waals surface area contributed by atoms with E-state index >= 15 is 0 Å². The number of alkyl halides is 2. The number of rotatable bonds is 5. The summed E-state index contributed by atoms with van der Waals surface area (Å²) in [6.45, 7) is 1.40. The maximum Gasteiger partial charge on any atom is 0.274 e. The molecule has 2 aliphatic rings. The van der Waals surface area contributed by atoms with Crippen molar-refractivity contribution in [1.29, 1.82) is 0 Å². The molecule has 178 valence electrons. The quantitative estimate of drug-likeness (QED) is 0.250. The summed E-state index contributed by atoms with van der Waals surface area (Å²) in [6.07, 6.45) is 0.884. The predicted octanol–water partition coefficient (Wildman–Crippen LogP) is 5.46. The van der Waals surface area contributed by atoms with Crippen LogP contribution in [-0.2, 0) is 9.59 Å². The van der Waals surface area contributed by atoms with Crippen LogP contribution in [0.2, 0.25) is 10.0 Å². The SMILES string of the molecule is Cc1ccc(C(=O)CN(C(=O)c2ccc(Cl)cc2Cl)N2C(=O)[C@@H]3C[C@@H](Br)[C@@H](Br)C[C@H]3C2=O)cc1. The van der Waals surface area contributed by atoms with Gasteiger partial charge in [-0.05, 0) is 38.0 Å². The molecule has 2 aromatic rings. The Bertz CT molecular complexity index is 1150. The Morgan fingerprint density at radius 2 is 1.53 bits per heavy atom. The summed E-state index contributed by atoms with van der Waals surface area (Å²) >= 11 is 19.4. The molecule has 1 saturated heterocycles. The van der Waals surface area contributed by atoms with Gasteiger partial charge in [0, 0.05) is 20.2 Å². The molecule has 2 aromatic carbocycles. The van der Waals surface area contributed by atoms with E-state index in [1.807, 2.05) is 6.92 Å². The fraction of sp³-hybridized carbons (Fsp3) is 0.333. The van der Waals surface area contributed by atoms with Gasteiger partial charge in [0.15, 0.2) is 5.78 Å². The first kappa shape index (κ1) is 25.4. The molecule has 0 radical (unpaired) electrons. The van der Waals surface area contributed by atoms with Gasteiger partial charge in [-0.3, -0.25) is 19.2 Å². The van der Waals surface area contributed by atoms with E-state index in [1.54, 1.807) is 24.3 Å². The number of hydrogen-bond donors (Lipinski definition) is 0. The number of carbonyl (C=O) groups excluding carboxylic acids is 4. The van der Waals surface area contributed by atoms with Gasteiger partial charge in [0.05, 0.1) is 22.4 Å². The first-order valence-electron chi connectivity index (χ1n) is 10.6. The third-order valence-electron chi connectivity index (χ3n) is 6.19. The number of hydrogen-bond acceptors (Lipinski definition) is 4. The predicted molar refractivity (Wildman–Crippen MR) is 137 cm³/mol. The van der Waals surface area contributed by atoms with E-state index < -0.39 is 41.9 Å². The van der Waals surface area contributed by atoms with Crippen LogP contribution in [0.4, 0.5) is 0 Å². The summed E-state index contributed by atoms with van der Waals surface area (Å²) in [7, 11) is 0. The number of benzene rings is 2. The largest absolute Gasteiger partial charge is 0.292 e. The number of halogens is 4. The second-order valence-corrected chi connectivity index (χ2v) is 11.7. The Kier molecular flexibility index (Phi) is 7.53. The van der Waals surface area contributed by atoms with Crippen molar-refractivity contribution in [1.82, 2.24) is 10.0 Å². The lowest BCUT2D eigenvalue weighted by Crippen LogP contribution is -2.52. The number of amides is 3. The van der Waals surface area contributed by atoms with Gasteiger partial charge >= 0.3 is 0 Å². The summed E-state index contributed by atoms with van der Waals surface area (Å²) in [6, 6.07) is 11.2. The van der Waals surface area contributed by atoms with E-state index in [9.17, 15) is 19.2 Å². The van der Waals surface area contributed by atoms with Crippen LogP contribution in [0.1, 0.15) is 39.1 Å². The van der Waals surface area contributed by atoms with Gasteiger partial charge in [0.25, 0.3) is 17.7 Å². The van der Waals surface area contributed by atoms with E-state index in [1.165, 1.54) is 18.2 Å². The molecular weight excluding hydrogens is 611 g/mol. The van der Waals surface area contributed by atoms with Crippen molar-refractivity contribution in [2.24, 2.45) is 11.8 Å². The minimum Gasteiger partial charge on any atom is -0.292 e. The molecule has 1 heterocycles. The Labute approximate surface area is 223 Å². The van der Waals surface area contributed by atoms with Crippen LogP contribution in [-0.4, -0.2) is 49.7 Å². The molecule has 6 nitrogen and oxygen atoms in total. The number of imide groups is 1. The zero-order valence-electron chi connectivity index (χ0n) is 18.0. The number of fused-ring (bicyclic) bond motifs is 1. The molecule has 0 bridgehead atoms. The highest BCUT2D eigenvalue weighted by Crippen LogP contribution is 2.43. The van der Waals surface area contributed by atoms with Gasteiger partial charge in [-0.2, -0.15) is 5.01 Å². The van der Waals surface area contributed by atoms with Crippen molar-refractivity contribution in [2.75, 3.05) is 6.54 Å². The highest BCUT2D eigenvalue weighted by atomic mass is 79.9. The molecular formula is C24H20Br2Cl2N2O4. The minimum absolute atomic E-state index is 0.00880. The average Bonchev–Trinajstić information content (AvgIpc) is 3.02. The summed E-state index contributed by atoms with van der Waals surface area (Å²) in [5.74, 6) is -3.27. The average molecular weight is 631 g/mol. The standard InChI is InChI=1S/C24H20Br2Cl2N2O4/c1-12-2-4-13(5-3-12)21(31)11-29(22(32)15-7-6-14(27)8-20(15)28)30-23(33)16-9-18(25)19(26)10-17(16)24(30)34/h2-8,16-19H,9-11H2,1H3/t16-,17-,18-,19+/m1/s1. The van der Waals surface area contributed by atoms with Gasteiger partial charge < -0.3 is 0 Å². The number of Topliss-reactive ketones (excluding diaryl/α,β-unsaturated/α-hetero) is 1. The van der Waals surface area contributed by atoms with Crippen LogP contribution in [0.5, 0.6) is 0 Å². The van der Waals surface area contributed by atoms with E-state index in [0.717, 1.165) is 15.6 Å². The summed E-state index contributed by atoms with van der Waals surface area (Å²) in [4.78, 5) is 53.5.